The summed E-state index contributed by atoms with van der Waals surface area (Å²) in [6.45, 7) is 0. The molecule has 0 atom stereocenters. The molecule has 0 saturated carbocycles. The number of fused-ring (bicyclic) bond motifs is 2. The average Bonchev–Trinajstić information content (AvgIpc) is 2.93. The first-order valence-corrected chi connectivity index (χ1v) is 12.6. The fourth-order valence-corrected chi connectivity index (χ4v) is 5.30. The molecule has 0 saturated heterocycles. The third-order valence-electron chi connectivity index (χ3n) is 7.29. The smallest absolute Gasteiger partial charge is 0.189 e. The van der Waals surface area contributed by atoms with Gasteiger partial charge in [-0.1, -0.05) is 84.9 Å². The fourth-order valence-electron chi connectivity index (χ4n) is 5.30. The number of allylic oxidation sites excluding steroid dienone is 2. The zero-order valence-corrected chi connectivity index (χ0v) is 20.1. The van der Waals surface area contributed by atoms with Gasteiger partial charge in [0.1, 0.15) is 0 Å². The molecule has 4 aromatic rings. The molecule has 0 bridgehead atoms. The summed E-state index contributed by atoms with van der Waals surface area (Å²) in [6, 6.07) is 33.0. The van der Waals surface area contributed by atoms with Gasteiger partial charge >= 0.3 is 0 Å². The lowest BCUT2D eigenvalue weighted by molar-refractivity contribution is 0.102. The molecule has 0 unspecified atom stereocenters. The SMILES string of the molecule is N=C1/C(=C/c2ccccc2)CCc2ccc(-c3ccc4c(c3)C(=O)/C(=C\c3ccccc3)CC4)cc21. The van der Waals surface area contributed by atoms with Crippen LogP contribution in [0.3, 0.4) is 0 Å². The Morgan fingerprint density at radius 1 is 0.556 bits per heavy atom. The first-order chi connectivity index (χ1) is 17.7. The molecule has 0 amide bonds. The minimum atomic E-state index is 0.126. The summed E-state index contributed by atoms with van der Waals surface area (Å²) in [7, 11) is 0. The van der Waals surface area contributed by atoms with E-state index in [9.17, 15) is 4.79 Å². The van der Waals surface area contributed by atoms with Crippen LogP contribution in [0.4, 0.5) is 0 Å². The van der Waals surface area contributed by atoms with Crippen LogP contribution in [-0.2, 0) is 12.8 Å². The van der Waals surface area contributed by atoms with Crippen LogP contribution in [0.5, 0.6) is 0 Å². The zero-order valence-electron chi connectivity index (χ0n) is 20.1. The monoisotopic (exact) mass is 465 g/mol. The zero-order chi connectivity index (χ0) is 24.5. The van der Waals surface area contributed by atoms with Crippen molar-refractivity contribution >= 4 is 23.6 Å². The Morgan fingerprint density at radius 3 is 1.67 bits per heavy atom. The Labute approximate surface area is 212 Å². The van der Waals surface area contributed by atoms with E-state index in [1.165, 1.54) is 5.56 Å². The predicted molar refractivity (Wildman–Crippen MR) is 149 cm³/mol. The molecule has 0 fully saturated rings. The van der Waals surface area contributed by atoms with Gasteiger partial charge in [-0.05, 0) is 88.9 Å². The van der Waals surface area contributed by atoms with Gasteiger partial charge in [-0.2, -0.15) is 0 Å². The molecule has 2 heteroatoms. The number of hydrogen-bond acceptors (Lipinski definition) is 2. The number of nitrogens with one attached hydrogen (secondary N) is 1. The Hall–Kier alpha value is -4.30. The van der Waals surface area contributed by atoms with Crippen LogP contribution in [0.25, 0.3) is 23.3 Å². The normalized spacial score (nSPS) is 17.2. The molecule has 0 spiro atoms. The van der Waals surface area contributed by atoms with Crippen molar-refractivity contribution in [1.29, 1.82) is 5.41 Å². The number of benzene rings is 4. The lowest BCUT2D eigenvalue weighted by atomic mass is 9.82. The second-order valence-electron chi connectivity index (χ2n) is 9.61. The van der Waals surface area contributed by atoms with Gasteiger partial charge in [0.05, 0.1) is 5.71 Å². The minimum absolute atomic E-state index is 0.126. The predicted octanol–water partition coefficient (Wildman–Crippen LogP) is 7.96. The molecule has 0 radical (unpaired) electrons. The van der Waals surface area contributed by atoms with Crippen LogP contribution in [-0.4, -0.2) is 11.5 Å². The van der Waals surface area contributed by atoms with Gasteiger partial charge in [0, 0.05) is 16.7 Å². The van der Waals surface area contributed by atoms with Crippen LogP contribution in [0.1, 0.15) is 51.0 Å². The molecule has 2 aliphatic rings. The van der Waals surface area contributed by atoms with Crippen molar-refractivity contribution in [3.8, 4) is 11.1 Å². The van der Waals surface area contributed by atoms with E-state index in [1.54, 1.807) is 0 Å². The molecule has 2 nitrogen and oxygen atoms in total. The summed E-state index contributed by atoms with van der Waals surface area (Å²) in [5.74, 6) is 0.126. The maximum atomic E-state index is 13.4. The molecule has 6 rings (SSSR count). The van der Waals surface area contributed by atoms with Crippen molar-refractivity contribution in [3.05, 3.63) is 142 Å². The van der Waals surface area contributed by atoms with Crippen molar-refractivity contribution in [3.63, 3.8) is 0 Å². The van der Waals surface area contributed by atoms with Crippen LogP contribution < -0.4 is 0 Å². The topological polar surface area (TPSA) is 40.9 Å². The highest BCUT2D eigenvalue weighted by molar-refractivity contribution is 6.16. The number of carbonyl (C=O) groups excluding carboxylic acids is 1. The third-order valence-corrected chi connectivity index (χ3v) is 7.29. The summed E-state index contributed by atoms with van der Waals surface area (Å²) in [4.78, 5) is 13.4. The van der Waals surface area contributed by atoms with Gasteiger partial charge in [-0.15, -0.1) is 0 Å². The number of rotatable bonds is 3. The number of aryl methyl sites for hydroxylation is 2. The molecule has 36 heavy (non-hydrogen) atoms. The maximum absolute atomic E-state index is 13.4. The van der Waals surface area contributed by atoms with Gasteiger partial charge in [0.25, 0.3) is 0 Å². The van der Waals surface area contributed by atoms with Crippen LogP contribution in [0.15, 0.2) is 108 Å². The molecule has 0 aromatic heterocycles. The lowest BCUT2D eigenvalue weighted by Gasteiger charge is -2.22. The maximum Gasteiger partial charge on any atom is 0.189 e. The Balaban J connectivity index is 1.33. The molecule has 1 N–H and O–H groups in total. The van der Waals surface area contributed by atoms with E-state index in [-0.39, 0.29) is 5.78 Å². The van der Waals surface area contributed by atoms with E-state index >= 15 is 0 Å². The van der Waals surface area contributed by atoms with Gasteiger partial charge < -0.3 is 0 Å². The van der Waals surface area contributed by atoms with Gasteiger partial charge in [0.15, 0.2) is 5.78 Å². The van der Waals surface area contributed by atoms with E-state index in [1.807, 2.05) is 60.7 Å². The largest absolute Gasteiger partial charge is 0.300 e. The fraction of sp³-hybridized carbons (Fsp3) is 0.118. The molecule has 2 aliphatic carbocycles. The first-order valence-electron chi connectivity index (χ1n) is 12.6. The van der Waals surface area contributed by atoms with Crippen molar-refractivity contribution in [2.24, 2.45) is 0 Å². The molecular formula is C34H27NO. The van der Waals surface area contributed by atoms with E-state index in [4.69, 9.17) is 5.41 Å². The minimum Gasteiger partial charge on any atom is -0.300 e. The Kier molecular flexibility index (Phi) is 5.79. The highest BCUT2D eigenvalue weighted by Crippen LogP contribution is 2.34. The second-order valence-corrected chi connectivity index (χ2v) is 9.61. The summed E-state index contributed by atoms with van der Waals surface area (Å²) < 4.78 is 0. The van der Waals surface area contributed by atoms with Crippen LogP contribution in [0, 0.1) is 5.41 Å². The van der Waals surface area contributed by atoms with E-state index in [2.05, 4.69) is 48.5 Å². The average molecular weight is 466 g/mol. The van der Waals surface area contributed by atoms with Crippen LogP contribution in [0.2, 0.25) is 0 Å². The number of carbonyl (C=O) groups is 1. The van der Waals surface area contributed by atoms with Gasteiger partial charge in [-0.25, -0.2) is 0 Å². The van der Waals surface area contributed by atoms with Crippen molar-refractivity contribution in [2.45, 2.75) is 25.7 Å². The van der Waals surface area contributed by atoms with Gasteiger partial charge in [-0.3, -0.25) is 10.2 Å². The quantitative estimate of drug-likeness (QED) is 0.306. The lowest BCUT2D eigenvalue weighted by Crippen LogP contribution is -2.15. The van der Waals surface area contributed by atoms with Crippen LogP contribution >= 0.6 is 0 Å². The number of Topliss-reactive ketones (excluding diaryl/α,β-unsaturated/α-hetero) is 1. The molecule has 174 valence electrons. The summed E-state index contributed by atoms with van der Waals surface area (Å²) in [5, 5.41) is 8.92. The van der Waals surface area contributed by atoms with Gasteiger partial charge in [0.2, 0.25) is 0 Å². The van der Waals surface area contributed by atoms with Crippen molar-refractivity contribution < 1.29 is 4.79 Å². The molecular weight excluding hydrogens is 438 g/mol. The van der Waals surface area contributed by atoms with E-state index in [0.717, 1.165) is 75.8 Å². The van der Waals surface area contributed by atoms with E-state index < -0.39 is 0 Å². The molecule has 0 heterocycles. The molecule has 4 aromatic carbocycles. The number of hydrogen-bond donors (Lipinski definition) is 1. The van der Waals surface area contributed by atoms with Crippen molar-refractivity contribution in [2.75, 3.05) is 0 Å². The Morgan fingerprint density at radius 2 is 1.06 bits per heavy atom. The first kappa shape index (κ1) is 22.2. The summed E-state index contributed by atoms with van der Waals surface area (Å²) >= 11 is 0. The third kappa shape index (κ3) is 4.27. The number of ketones is 1. The molecule has 0 aliphatic heterocycles. The Bertz CT molecular complexity index is 1420. The highest BCUT2D eigenvalue weighted by Gasteiger charge is 2.23. The standard InChI is InChI=1S/C34H27NO/c35-33-29(19-23-7-3-1-4-8-23)17-13-25-11-15-27(21-31(25)33)28-16-12-26-14-18-30(34(36)32(26)22-28)20-24-9-5-2-6-10-24/h1-12,15-16,19-22,35H,13-14,17-18H2/b29-19+,30-20-,35-33?. The summed E-state index contributed by atoms with van der Waals surface area (Å²) in [6.07, 6.45) is 7.63. The van der Waals surface area contributed by atoms with E-state index in [0.29, 0.717) is 5.71 Å². The van der Waals surface area contributed by atoms with Crippen molar-refractivity contribution in [1.82, 2.24) is 0 Å². The second kappa shape index (κ2) is 9.39. The highest BCUT2D eigenvalue weighted by atomic mass is 16.1. The summed E-state index contributed by atoms with van der Waals surface area (Å²) in [5.41, 5.74) is 10.9.